The van der Waals surface area contributed by atoms with Crippen LogP contribution in [0.4, 0.5) is 13.2 Å². The molecule has 0 saturated carbocycles. The van der Waals surface area contributed by atoms with Gasteiger partial charge in [0.2, 0.25) is 10.0 Å². The molecule has 10 heteroatoms. The summed E-state index contributed by atoms with van der Waals surface area (Å²) in [5.41, 5.74) is 2.09. The van der Waals surface area contributed by atoms with Crippen molar-refractivity contribution in [1.29, 1.82) is 0 Å². The Morgan fingerprint density at radius 2 is 1.88 bits per heavy atom. The lowest BCUT2D eigenvalue weighted by Gasteiger charge is -2.32. The fraction of sp³-hybridized carbons (Fsp3) is 0.318. The average Bonchev–Trinajstić information content (AvgIpc) is 2.92. The number of aryl methyl sites for hydroxylation is 1. The SMILES string of the molecule is Cc1cc2c(cc1Cc1c(C)n(CC(=O)O)c3ccc(F)cc13)C(F)(F)CN(C)S2(=O)=O. The number of halogens is 3. The van der Waals surface area contributed by atoms with Gasteiger partial charge in [0.1, 0.15) is 12.4 Å². The predicted molar refractivity (Wildman–Crippen MR) is 112 cm³/mol. The van der Waals surface area contributed by atoms with Crippen LogP contribution >= 0.6 is 0 Å². The summed E-state index contributed by atoms with van der Waals surface area (Å²) in [6, 6.07) is 6.46. The van der Waals surface area contributed by atoms with Crippen molar-refractivity contribution in [2.24, 2.45) is 0 Å². The maximum absolute atomic E-state index is 14.7. The van der Waals surface area contributed by atoms with Crippen LogP contribution in [0.5, 0.6) is 0 Å². The standard InChI is InChI=1S/C22H21F3N2O4S/c1-12-6-20-18(22(24,25)11-26(3)32(20,30)31)8-14(12)7-16-13(2)27(10-21(28)29)19-5-4-15(23)9-17(16)19/h4-6,8-9H,7,10-11H2,1-3H3,(H,28,29). The van der Waals surface area contributed by atoms with Crippen molar-refractivity contribution < 1.29 is 31.5 Å². The maximum Gasteiger partial charge on any atom is 0.323 e. The molecule has 0 aliphatic carbocycles. The third-order valence-corrected chi connectivity index (χ3v) is 7.86. The van der Waals surface area contributed by atoms with Crippen molar-refractivity contribution >= 4 is 26.9 Å². The lowest BCUT2D eigenvalue weighted by atomic mass is 9.94. The molecule has 1 aliphatic heterocycles. The smallest absolute Gasteiger partial charge is 0.323 e. The molecule has 170 valence electrons. The summed E-state index contributed by atoms with van der Waals surface area (Å²) in [7, 11) is -2.91. The molecule has 0 atom stereocenters. The van der Waals surface area contributed by atoms with E-state index >= 15 is 0 Å². The van der Waals surface area contributed by atoms with Gasteiger partial charge in [-0.05, 0) is 60.9 Å². The van der Waals surface area contributed by atoms with Gasteiger partial charge in [-0.3, -0.25) is 4.79 Å². The Morgan fingerprint density at radius 1 is 1.19 bits per heavy atom. The van der Waals surface area contributed by atoms with E-state index in [9.17, 15) is 31.5 Å². The number of likely N-dealkylation sites (N-methyl/N-ethyl adjacent to an activating group) is 1. The number of alkyl halides is 2. The van der Waals surface area contributed by atoms with Crippen molar-refractivity contribution in [3.63, 3.8) is 0 Å². The molecular weight excluding hydrogens is 445 g/mol. The molecule has 0 spiro atoms. The second-order valence-electron chi connectivity index (χ2n) is 8.12. The number of hydrogen-bond acceptors (Lipinski definition) is 3. The minimum Gasteiger partial charge on any atom is -0.480 e. The van der Waals surface area contributed by atoms with Gasteiger partial charge in [-0.1, -0.05) is 0 Å². The van der Waals surface area contributed by atoms with Gasteiger partial charge in [0.25, 0.3) is 5.92 Å². The predicted octanol–water partition coefficient (Wildman–Crippen LogP) is 3.80. The molecule has 0 fully saturated rings. The highest BCUT2D eigenvalue weighted by atomic mass is 32.2. The van der Waals surface area contributed by atoms with E-state index in [-0.39, 0.29) is 13.0 Å². The van der Waals surface area contributed by atoms with Crippen LogP contribution in [0, 0.1) is 19.7 Å². The molecule has 1 aliphatic rings. The zero-order valence-corrected chi connectivity index (χ0v) is 18.4. The third-order valence-electron chi connectivity index (χ3n) is 6.02. The zero-order chi connectivity index (χ0) is 23.6. The lowest BCUT2D eigenvalue weighted by Crippen LogP contribution is -2.43. The van der Waals surface area contributed by atoms with Crippen LogP contribution in [-0.4, -0.2) is 42.0 Å². The number of hydrogen-bond donors (Lipinski definition) is 1. The first-order chi connectivity index (χ1) is 14.8. The van der Waals surface area contributed by atoms with Gasteiger partial charge in [-0.2, -0.15) is 13.1 Å². The molecule has 2 heterocycles. The maximum atomic E-state index is 14.7. The Morgan fingerprint density at radius 3 is 2.53 bits per heavy atom. The molecule has 0 radical (unpaired) electrons. The monoisotopic (exact) mass is 466 g/mol. The summed E-state index contributed by atoms with van der Waals surface area (Å²) in [6.45, 7) is 2.04. The first-order valence-corrected chi connectivity index (χ1v) is 11.2. The van der Waals surface area contributed by atoms with Crippen molar-refractivity contribution in [3.8, 4) is 0 Å². The number of carboxylic acids is 1. The van der Waals surface area contributed by atoms with Gasteiger partial charge in [0, 0.05) is 35.6 Å². The second kappa shape index (κ2) is 7.35. The summed E-state index contributed by atoms with van der Waals surface area (Å²) < 4.78 is 70.8. The van der Waals surface area contributed by atoms with Gasteiger partial charge >= 0.3 is 5.97 Å². The Balaban J connectivity index is 1.90. The van der Waals surface area contributed by atoms with E-state index in [1.807, 2.05) is 0 Å². The number of aromatic nitrogens is 1. The van der Waals surface area contributed by atoms with Crippen LogP contribution in [0.25, 0.3) is 10.9 Å². The number of nitrogens with zero attached hydrogens (tertiary/aromatic N) is 2. The van der Waals surface area contributed by atoms with Gasteiger partial charge < -0.3 is 9.67 Å². The van der Waals surface area contributed by atoms with Crippen molar-refractivity contribution in [1.82, 2.24) is 8.87 Å². The van der Waals surface area contributed by atoms with Crippen LogP contribution in [0.1, 0.15) is 27.9 Å². The number of benzene rings is 2. The first-order valence-electron chi connectivity index (χ1n) is 9.80. The van der Waals surface area contributed by atoms with E-state index in [1.165, 1.54) is 34.9 Å². The summed E-state index contributed by atoms with van der Waals surface area (Å²) in [5, 5.41) is 9.76. The summed E-state index contributed by atoms with van der Waals surface area (Å²) in [5.74, 6) is -4.94. The molecule has 3 aromatic rings. The zero-order valence-electron chi connectivity index (χ0n) is 17.6. The Kier molecular flexibility index (Phi) is 5.13. The lowest BCUT2D eigenvalue weighted by molar-refractivity contribution is -0.137. The third kappa shape index (κ3) is 3.47. The summed E-state index contributed by atoms with van der Waals surface area (Å²) in [6.07, 6.45) is 0.115. The van der Waals surface area contributed by atoms with Crippen molar-refractivity contribution in [2.45, 2.75) is 37.6 Å². The summed E-state index contributed by atoms with van der Waals surface area (Å²) >= 11 is 0. The van der Waals surface area contributed by atoms with Crippen molar-refractivity contribution in [2.75, 3.05) is 13.6 Å². The average molecular weight is 466 g/mol. The van der Waals surface area contributed by atoms with Gasteiger partial charge in [-0.25, -0.2) is 12.8 Å². The van der Waals surface area contributed by atoms with E-state index in [2.05, 4.69) is 0 Å². The minimum atomic E-state index is -4.03. The van der Waals surface area contributed by atoms with E-state index < -0.39 is 44.7 Å². The summed E-state index contributed by atoms with van der Waals surface area (Å²) in [4.78, 5) is 10.9. The molecule has 0 unspecified atom stereocenters. The molecule has 6 nitrogen and oxygen atoms in total. The van der Waals surface area contributed by atoms with E-state index in [1.54, 1.807) is 13.8 Å². The molecule has 1 aromatic heterocycles. The number of sulfonamides is 1. The van der Waals surface area contributed by atoms with Crippen molar-refractivity contribution in [3.05, 3.63) is 64.1 Å². The Labute approximate surface area is 182 Å². The molecule has 0 saturated heterocycles. The van der Waals surface area contributed by atoms with Gasteiger partial charge in [-0.15, -0.1) is 0 Å². The van der Waals surface area contributed by atoms with Crippen LogP contribution in [0.2, 0.25) is 0 Å². The van der Waals surface area contributed by atoms with Gasteiger partial charge in [0.05, 0.1) is 11.4 Å². The van der Waals surface area contributed by atoms with E-state index in [0.29, 0.717) is 37.6 Å². The van der Waals surface area contributed by atoms with E-state index in [0.717, 1.165) is 7.05 Å². The van der Waals surface area contributed by atoms with Crippen LogP contribution in [0.3, 0.4) is 0 Å². The normalized spacial score (nSPS) is 17.4. The molecule has 4 rings (SSSR count). The molecule has 32 heavy (non-hydrogen) atoms. The fourth-order valence-electron chi connectivity index (χ4n) is 4.31. The number of fused-ring (bicyclic) bond motifs is 2. The number of carboxylic acid groups (broad SMARTS) is 1. The molecular formula is C22H21F3N2O4S. The molecule has 2 aromatic carbocycles. The van der Waals surface area contributed by atoms with Gasteiger partial charge in [0.15, 0.2) is 0 Å². The number of aliphatic carboxylic acids is 1. The van der Waals surface area contributed by atoms with Crippen LogP contribution in [-0.2, 0) is 33.7 Å². The second-order valence-corrected chi connectivity index (χ2v) is 10.1. The van der Waals surface area contributed by atoms with Crippen LogP contribution in [0.15, 0.2) is 35.2 Å². The van der Waals surface area contributed by atoms with Crippen LogP contribution < -0.4 is 0 Å². The minimum absolute atomic E-state index is 0.115. The number of rotatable bonds is 4. The Bertz CT molecular complexity index is 1380. The Hall–Kier alpha value is -2.85. The molecule has 0 bridgehead atoms. The van der Waals surface area contributed by atoms with E-state index in [4.69, 9.17) is 0 Å². The quantitative estimate of drug-likeness (QED) is 0.635. The highest BCUT2D eigenvalue weighted by molar-refractivity contribution is 7.89. The molecule has 1 N–H and O–H groups in total. The highest BCUT2D eigenvalue weighted by Crippen LogP contribution is 2.41. The molecule has 0 amide bonds. The largest absolute Gasteiger partial charge is 0.480 e. The highest BCUT2D eigenvalue weighted by Gasteiger charge is 2.46. The topological polar surface area (TPSA) is 79.6 Å². The number of carbonyl (C=O) groups is 1. The fourth-order valence-corrected chi connectivity index (χ4v) is 5.79. The first kappa shape index (κ1) is 22.3.